The second-order valence-corrected chi connectivity index (χ2v) is 3.47. The molecule has 0 heterocycles. The van der Waals surface area contributed by atoms with Crippen LogP contribution in [-0.2, 0) is 0 Å². The predicted octanol–water partition coefficient (Wildman–Crippen LogP) is 2.79. The minimum atomic E-state index is 0.479. The SMILES string of the molecule is CC/[N+]([O-])=C/c1ccc2ccccc2c1. The average Bonchev–Trinajstić information content (AvgIpc) is 2.29. The molecule has 0 aliphatic rings. The maximum Gasteiger partial charge on any atom is 0.181 e. The zero-order valence-corrected chi connectivity index (χ0v) is 8.68. The summed E-state index contributed by atoms with van der Waals surface area (Å²) < 4.78 is 0.935. The fraction of sp³-hybridized carbons (Fsp3) is 0.154. The largest absolute Gasteiger partial charge is 0.624 e. The van der Waals surface area contributed by atoms with Crippen LogP contribution in [-0.4, -0.2) is 17.5 Å². The highest BCUT2D eigenvalue weighted by molar-refractivity contribution is 5.89. The maximum absolute atomic E-state index is 11.2. The molecule has 2 aromatic rings. The van der Waals surface area contributed by atoms with E-state index in [1.54, 1.807) is 6.21 Å². The van der Waals surface area contributed by atoms with Crippen LogP contribution in [0, 0.1) is 5.21 Å². The van der Waals surface area contributed by atoms with E-state index in [4.69, 9.17) is 0 Å². The Labute approximate surface area is 89.1 Å². The van der Waals surface area contributed by atoms with E-state index in [1.807, 2.05) is 43.3 Å². The molecule has 0 N–H and O–H groups in total. The van der Waals surface area contributed by atoms with Gasteiger partial charge in [0.1, 0.15) is 0 Å². The van der Waals surface area contributed by atoms with E-state index in [1.165, 1.54) is 5.39 Å². The van der Waals surface area contributed by atoms with Gasteiger partial charge in [-0.05, 0) is 29.8 Å². The number of hydrogen-bond acceptors (Lipinski definition) is 1. The van der Waals surface area contributed by atoms with E-state index in [-0.39, 0.29) is 0 Å². The Morgan fingerprint density at radius 2 is 1.87 bits per heavy atom. The van der Waals surface area contributed by atoms with E-state index in [0.29, 0.717) is 6.54 Å². The summed E-state index contributed by atoms with van der Waals surface area (Å²) in [6.07, 6.45) is 1.62. The van der Waals surface area contributed by atoms with Crippen LogP contribution in [0.4, 0.5) is 0 Å². The highest BCUT2D eigenvalue weighted by Crippen LogP contribution is 2.14. The molecular formula is C13H13NO. The second kappa shape index (κ2) is 4.13. The molecule has 0 bridgehead atoms. The summed E-state index contributed by atoms with van der Waals surface area (Å²) >= 11 is 0. The Balaban J connectivity index is 2.47. The van der Waals surface area contributed by atoms with Crippen molar-refractivity contribution in [3.63, 3.8) is 0 Å². The monoisotopic (exact) mass is 199 g/mol. The van der Waals surface area contributed by atoms with Crippen LogP contribution in [0.2, 0.25) is 0 Å². The minimum absolute atomic E-state index is 0.479. The first kappa shape index (κ1) is 9.71. The molecule has 0 unspecified atom stereocenters. The molecule has 76 valence electrons. The molecule has 0 aliphatic carbocycles. The van der Waals surface area contributed by atoms with Gasteiger partial charge in [0.25, 0.3) is 0 Å². The molecule has 2 aromatic carbocycles. The van der Waals surface area contributed by atoms with Crippen LogP contribution in [0.25, 0.3) is 10.8 Å². The van der Waals surface area contributed by atoms with Crippen molar-refractivity contribution in [1.82, 2.24) is 0 Å². The number of fused-ring (bicyclic) bond motifs is 1. The van der Waals surface area contributed by atoms with Crippen LogP contribution in [0.5, 0.6) is 0 Å². The zero-order valence-electron chi connectivity index (χ0n) is 8.68. The van der Waals surface area contributed by atoms with Crippen molar-refractivity contribution in [2.24, 2.45) is 0 Å². The molecule has 2 nitrogen and oxygen atoms in total. The molecule has 0 amide bonds. The Morgan fingerprint density at radius 1 is 1.13 bits per heavy atom. The fourth-order valence-electron chi connectivity index (χ4n) is 1.55. The summed E-state index contributed by atoms with van der Waals surface area (Å²) in [4.78, 5) is 0. The van der Waals surface area contributed by atoms with Gasteiger partial charge in [0.2, 0.25) is 0 Å². The van der Waals surface area contributed by atoms with Crippen LogP contribution in [0.3, 0.4) is 0 Å². The summed E-state index contributed by atoms with van der Waals surface area (Å²) in [6, 6.07) is 14.1. The Morgan fingerprint density at radius 3 is 2.60 bits per heavy atom. The van der Waals surface area contributed by atoms with Gasteiger partial charge >= 0.3 is 0 Å². The van der Waals surface area contributed by atoms with Gasteiger partial charge in [-0.2, -0.15) is 0 Å². The van der Waals surface area contributed by atoms with Gasteiger partial charge in [0.15, 0.2) is 12.8 Å². The quantitative estimate of drug-likeness (QED) is 0.316. The van der Waals surface area contributed by atoms with Crippen molar-refractivity contribution in [3.8, 4) is 0 Å². The third-order valence-electron chi connectivity index (χ3n) is 2.38. The first-order valence-electron chi connectivity index (χ1n) is 5.07. The Bertz CT molecular complexity index is 503. The van der Waals surface area contributed by atoms with E-state index < -0.39 is 0 Å². The van der Waals surface area contributed by atoms with Crippen molar-refractivity contribution in [3.05, 3.63) is 53.2 Å². The first-order chi connectivity index (χ1) is 7.29. The summed E-state index contributed by atoms with van der Waals surface area (Å²) in [5.74, 6) is 0. The average molecular weight is 199 g/mol. The molecule has 0 fully saturated rings. The van der Waals surface area contributed by atoms with E-state index in [9.17, 15) is 5.21 Å². The van der Waals surface area contributed by atoms with Crippen molar-refractivity contribution in [1.29, 1.82) is 0 Å². The van der Waals surface area contributed by atoms with Gasteiger partial charge < -0.3 is 5.21 Å². The lowest BCUT2D eigenvalue weighted by atomic mass is 10.1. The third kappa shape index (κ3) is 2.15. The summed E-state index contributed by atoms with van der Waals surface area (Å²) in [6.45, 7) is 2.32. The fourth-order valence-corrected chi connectivity index (χ4v) is 1.55. The highest BCUT2D eigenvalue weighted by atomic mass is 16.5. The van der Waals surface area contributed by atoms with E-state index >= 15 is 0 Å². The molecule has 0 radical (unpaired) electrons. The Kier molecular flexibility index (Phi) is 2.68. The molecule has 2 heteroatoms. The number of hydrogen-bond donors (Lipinski definition) is 0. The predicted molar refractivity (Wildman–Crippen MR) is 63.3 cm³/mol. The molecule has 0 aliphatic heterocycles. The maximum atomic E-state index is 11.2. The van der Waals surface area contributed by atoms with Gasteiger partial charge in [-0.1, -0.05) is 30.3 Å². The molecule has 0 aromatic heterocycles. The normalized spacial score (nSPS) is 11.9. The summed E-state index contributed by atoms with van der Waals surface area (Å²) in [7, 11) is 0. The smallest absolute Gasteiger partial charge is 0.181 e. The molecule has 0 spiro atoms. The lowest BCUT2D eigenvalue weighted by molar-refractivity contribution is -0.447. The molecule has 2 rings (SSSR count). The van der Waals surface area contributed by atoms with Crippen LogP contribution < -0.4 is 0 Å². The molecular weight excluding hydrogens is 186 g/mol. The summed E-state index contributed by atoms with van der Waals surface area (Å²) in [5, 5.41) is 13.5. The van der Waals surface area contributed by atoms with Crippen molar-refractivity contribution in [2.75, 3.05) is 6.54 Å². The standard InChI is InChI=1S/C13H13NO/c1-2-14(15)10-11-7-8-12-5-3-4-6-13(12)9-11/h3-10H,2H2,1H3/b14-10-. The third-order valence-corrected chi connectivity index (χ3v) is 2.38. The zero-order chi connectivity index (χ0) is 10.7. The van der Waals surface area contributed by atoms with Gasteiger partial charge in [0.05, 0.1) is 0 Å². The lowest BCUT2D eigenvalue weighted by Crippen LogP contribution is -2.03. The number of nitrogens with zero attached hydrogens (tertiary/aromatic N) is 1. The van der Waals surface area contributed by atoms with Gasteiger partial charge in [-0.3, -0.25) is 0 Å². The molecule has 0 atom stereocenters. The van der Waals surface area contributed by atoms with E-state index in [2.05, 4.69) is 6.07 Å². The molecule has 15 heavy (non-hydrogen) atoms. The second-order valence-electron chi connectivity index (χ2n) is 3.47. The van der Waals surface area contributed by atoms with Gasteiger partial charge in [-0.15, -0.1) is 0 Å². The number of hydroxylamine groups is 1. The first-order valence-corrected chi connectivity index (χ1v) is 5.07. The van der Waals surface area contributed by atoms with Crippen LogP contribution in [0.1, 0.15) is 12.5 Å². The minimum Gasteiger partial charge on any atom is -0.624 e. The number of benzene rings is 2. The van der Waals surface area contributed by atoms with Crippen LogP contribution in [0.15, 0.2) is 42.5 Å². The number of rotatable bonds is 2. The van der Waals surface area contributed by atoms with Crippen molar-refractivity contribution < 1.29 is 4.74 Å². The Hall–Kier alpha value is -1.83. The molecule has 0 saturated heterocycles. The van der Waals surface area contributed by atoms with E-state index in [0.717, 1.165) is 15.7 Å². The van der Waals surface area contributed by atoms with Crippen molar-refractivity contribution >= 4 is 17.0 Å². The topological polar surface area (TPSA) is 26.1 Å². The van der Waals surface area contributed by atoms with Crippen LogP contribution >= 0.6 is 0 Å². The summed E-state index contributed by atoms with van der Waals surface area (Å²) in [5.41, 5.74) is 0.950. The van der Waals surface area contributed by atoms with Crippen molar-refractivity contribution in [2.45, 2.75) is 6.92 Å². The van der Waals surface area contributed by atoms with Gasteiger partial charge in [0, 0.05) is 5.56 Å². The lowest BCUT2D eigenvalue weighted by Gasteiger charge is -2.01. The molecule has 0 saturated carbocycles. The van der Waals surface area contributed by atoms with Gasteiger partial charge in [-0.25, -0.2) is 4.74 Å². The highest BCUT2D eigenvalue weighted by Gasteiger charge is 1.96.